The van der Waals surface area contributed by atoms with Crippen LogP contribution >= 0.6 is 0 Å². The van der Waals surface area contributed by atoms with Crippen molar-refractivity contribution < 1.29 is 9.53 Å². The maximum absolute atomic E-state index is 11.6. The summed E-state index contributed by atoms with van der Waals surface area (Å²) in [5.74, 6) is 0.768. The third kappa shape index (κ3) is 3.67. The van der Waals surface area contributed by atoms with Crippen LogP contribution in [0.5, 0.6) is 5.75 Å². The maximum Gasteiger partial charge on any atom is 0.250 e. The molecule has 0 aliphatic heterocycles. The highest BCUT2D eigenvalue weighted by Gasteiger charge is 2.01. The first-order valence-corrected chi connectivity index (χ1v) is 5.86. The Balaban J connectivity index is 2.03. The van der Waals surface area contributed by atoms with Crippen molar-refractivity contribution in [3.05, 3.63) is 42.2 Å². The second-order valence-electron chi connectivity index (χ2n) is 3.63. The Kier molecular flexibility index (Phi) is 4.28. The van der Waals surface area contributed by atoms with Crippen molar-refractivity contribution in [2.45, 2.75) is 6.92 Å². The molecule has 1 amide bonds. The molecule has 0 aliphatic rings. The molecule has 0 saturated carbocycles. The summed E-state index contributed by atoms with van der Waals surface area (Å²) in [6.07, 6.45) is 4.43. The highest BCUT2D eigenvalue weighted by Crippen LogP contribution is 2.19. The minimum absolute atomic E-state index is 0.289. The van der Waals surface area contributed by atoms with Gasteiger partial charge in [-0.05, 0) is 19.1 Å². The molecular weight excluding hydrogens is 244 g/mol. The lowest BCUT2D eigenvalue weighted by atomic mass is 10.2. The summed E-state index contributed by atoms with van der Waals surface area (Å²) in [5.41, 5.74) is 0.845. The summed E-state index contributed by atoms with van der Waals surface area (Å²) in [6.45, 7) is 2.49. The summed E-state index contributed by atoms with van der Waals surface area (Å²) in [5, 5.41) is 8.73. The quantitative estimate of drug-likeness (QED) is 0.802. The predicted octanol–water partition coefficient (Wildman–Crippen LogP) is 1.86. The van der Waals surface area contributed by atoms with Gasteiger partial charge in [0.25, 0.3) is 5.91 Å². The van der Waals surface area contributed by atoms with Crippen LogP contribution in [0.1, 0.15) is 12.5 Å². The number of nitrogens with zero attached hydrogens (tertiary/aromatic N) is 2. The molecule has 0 saturated heterocycles. The van der Waals surface area contributed by atoms with Gasteiger partial charge in [-0.1, -0.05) is 18.2 Å². The van der Waals surface area contributed by atoms with Gasteiger partial charge in [-0.3, -0.25) is 10.1 Å². The van der Waals surface area contributed by atoms with Gasteiger partial charge in [-0.15, -0.1) is 0 Å². The number of ether oxygens (including phenoxy) is 1. The molecule has 0 spiro atoms. The summed E-state index contributed by atoms with van der Waals surface area (Å²) in [6, 6.07) is 7.51. The van der Waals surface area contributed by atoms with E-state index in [2.05, 4.69) is 20.5 Å². The van der Waals surface area contributed by atoms with Gasteiger partial charge in [0.15, 0.2) is 0 Å². The molecule has 0 radical (unpaired) electrons. The van der Waals surface area contributed by atoms with Crippen LogP contribution in [0.3, 0.4) is 0 Å². The Morgan fingerprint density at radius 1 is 1.47 bits per heavy atom. The number of hydrogen-bond acceptors (Lipinski definition) is 4. The lowest BCUT2D eigenvalue weighted by Gasteiger charge is -2.05. The largest absolute Gasteiger partial charge is 0.493 e. The first-order chi connectivity index (χ1) is 9.29. The average molecular weight is 258 g/mol. The third-order valence-electron chi connectivity index (χ3n) is 2.29. The van der Waals surface area contributed by atoms with E-state index in [0.717, 1.165) is 11.3 Å². The molecule has 1 aromatic heterocycles. The molecule has 0 bridgehead atoms. The van der Waals surface area contributed by atoms with E-state index in [4.69, 9.17) is 4.74 Å². The Bertz CT molecular complexity index is 564. The molecule has 19 heavy (non-hydrogen) atoms. The van der Waals surface area contributed by atoms with Gasteiger partial charge in [0.2, 0.25) is 5.95 Å². The molecule has 1 heterocycles. The number of carbonyl (C=O) groups is 1. The fraction of sp³-hybridized carbons (Fsp3) is 0.154. The van der Waals surface area contributed by atoms with Gasteiger partial charge in [-0.2, -0.15) is 10.1 Å². The minimum atomic E-state index is -0.289. The van der Waals surface area contributed by atoms with Crippen LogP contribution in [0.2, 0.25) is 0 Å². The molecule has 0 unspecified atom stereocenters. The SMILES string of the molecule is CCOc1ccccc1C=CC(=O)Nc1ncn[nH]1. The molecule has 0 aliphatic carbocycles. The highest BCUT2D eigenvalue weighted by molar-refractivity contribution is 6.01. The van der Waals surface area contributed by atoms with E-state index >= 15 is 0 Å². The van der Waals surface area contributed by atoms with Crippen molar-refractivity contribution in [2.24, 2.45) is 0 Å². The number of rotatable bonds is 5. The zero-order valence-electron chi connectivity index (χ0n) is 10.5. The summed E-state index contributed by atoms with van der Waals surface area (Å²) >= 11 is 0. The van der Waals surface area contributed by atoms with Crippen LogP contribution in [0.15, 0.2) is 36.7 Å². The third-order valence-corrected chi connectivity index (χ3v) is 2.29. The molecule has 2 aromatic rings. The summed E-state index contributed by atoms with van der Waals surface area (Å²) in [4.78, 5) is 15.4. The smallest absolute Gasteiger partial charge is 0.250 e. The van der Waals surface area contributed by atoms with Crippen LogP contribution in [-0.4, -0.2) is 27.7 Å². The Labute approximate surface area is 110 Å². The van der Waals surface area contributed by atoms with Crippen molar-refractivity contribution in [3.63, 3.8) is 0 Å². The Hall–Kier alpha value is -2.63. The second-order valence-corrected chi connectivity index (χ2v) is 3.63. The zero-order chi connectivity index (χ0) is 13.5. The van der Waals surface area contributed by atoms with E-state index < -0.39 is 0 Å². The standard InChI is InChI=1S/C13H14N4O2/c1-2-19-11-6-4-3-5-10(11)7-8-12(18)16-13-14-9-15-17-13/h3-9H,2H2,1H3,(H2,14,15,16,17,18). The lowest BCUT2D eigenvalue weighted by Crippen LogP contribution is -2.09. The molecule has 2 N–H and O–H groups in total. The van der Waals surface area contributed by atoms with Crippen molar-refractivity contribution in [2.75, 3.05) is 11.9 Å². The van der Waals surface area contributed by atoms with Gasteiger partial charge in [-0.25, -0.2) is 5.10 Å². The fourth-order valence-electron chi connectivity index (χ4n) is 1.49. The lowest BCUT2D eigenvalue weighted by molar-refractivity contribution is -0.111. The number of carbonyl (C=O) groups excluding carboxylic acids is 1. The molecule has 1 aromatic carbocycles. The molecule has 6 heteroatoms. The van der Waals surface area contributed by atoms with E-state index in [0.29, 0.717) is 12.6 Å². The average Bonchev–Trinajstić information content (AvgIpc) is 2.91. The van der Waals surface area contributed by atoms with Gasteiger partial charge < -0.3 is 4.74 Å². The Morgan fingerprint density at radius 3 is 3.05 bits per heavy atom. The fourth-order valence-corrected chi connectivity index (χ4v) is 1.49. The zero-order valence-corrected chi connectivity index (χ0v) is 10.5. The predicted molar refractivity (Wildman–Crippen MR) is 71.7 cm³/mol. The van der Waals surface area contributed by atoms with Crippen LogP contribution < -0.4 is 10.1 Å². The van der Waals surface area contributed by atoms with E-state index in [1.165, 1.54) is 12.4 Å². The number of H-pyrrole nitrogens is 1. The van der Waals surface area contributed by atoms with Crippen molar-refractivity contribution in [1.82, 2.24) is 15.2 Å². The number of anilines is 1. The number of amides is 1. The number of para-hydroxylation sites is 1. The van der Waals surface area contributed by atoms with Crippen LogP contribution in [0.25, 0.3) is 6.08 Å². The van der Waals surface area contributed by atoms with Gasteiger partial charge in [0, 0.05) is 11.6 Å². The molecular formula is C13H14N4O2. The molecule has 6 nitrogen and oxygen atoms in total. The molecule has 2 rings (SSSR count). The van der Waals surface area contributed by atoms with Crippen molar-refractivity contribution >= 4 is 17.9 Å². The maximum atomic E-state index is 11.6. The van der Waals surface area contributed by atoms with Gasteiger partial charge in [0.05, 0.1) is 6.61 Å². The number of benzene rings is 1. The minimum Gasteiger partial charge on any atom is -0.493 e. The van der Waals surface area contributed by atoms with E-state index in [1.807, 2.05) is 31.2 Å². The van der Waals surface area contributed by atoms with Gasteiger partial charge >= 0.3 is 0 Å². The van der Waals surface area contributed by atoms with Crippen LogP contribution in [-0.2, 0) is 4.79 Å². The summed E-state index contributed by atoms with van der Waals surface area (Å²) < 4.78 is 5.46. The number of hydrogen-bond donors (Lipinski definition) is 2. The van der Waals surface area contributed by atoms with Crippen LogP contribution in [0.4, 0.5) is 5.95 Å². The van der Waals surface area contributed by atoms with Crippen LogP contribution in [0, 0.1) is 0 Å². The van der Waals surface area contributed by atoms with E-state index in [1.54, 1.807) is 6.08 Å². The topological polar surface area (TPSA) is 79.9 Å². The second kappa shape index (κ2) is 6.34. The van der Waals surface area contributed by atoms with Crippen molar-refractivity contribution in [1.29, 1.82) is 0 Å². The van der Waals surface area contributed by atoms with E-state index in [9.17, 15) is 4.79 Å². The first-order valence-electron chi connectivity index (χ1n) is 5.86. The Morgan fingerprint density at radius 2 is 2.32 bits per heavy atom. The van der Waals surface area contributed by atoms with Crippen molar-refractivity contribution in [3.8, 4) is 5.75 Å². The molecule has 0 atom stereocenters. The number of aromatic amines is 1. The van der Waals surface area contributed by atoms with E-state index in [-0.39, 0.29) is 5.91 Å². The highest BCUT2D eigenvalue weighted by atomic mass is 16.5. The normalized spacial score (nSPS) is 10.6. The molecule has 0 fully saturated rings. The number of aromatic nitrogens is 3. The molecule has 98 valence electrons. The van der Waals surface area contributed by atoms with Gasteiger partial charge in [0.1, 0.15) is 12.1 Å². The summed E-state index contributed by atoms with van der Waals surface area (Å²) in [7, 11) is 0. The monoisotopic (exact) mass is 258 g/mol. The number of nitrogens with one attached hydrogen (secondary N) is 2. The first kappa shape index (κ1) is 12.8.